The molecular formula is C25H17F4NO4. The monoisotopic (exact) mass is 471 g/mol. The molecule has 1 unspecified atom stereocenters. The lowest BCUT2D eigenvalue weighted by Crippen LogP contribution is -2.29. The Morgan fingerprint density at radius 1 is 0.971 bits per heavy atom. The smallest absolute Gasteiger partial charge is 0.416 e. The number of anilines is 1. The molecule has 0 aliphatic carbocycles. The van der Waals surface area contributed by atoms with Gasteiger partial charge in [-0.2, -0.15) is 13.2 Å². The summed E-state index contributed by atoms with van der Waals surface area (Å²) in [5.74, 6) is -2.77. The van der Waals surface area contributed by atoms with Gasteiger partial charge in [-0.3, -0.25) is 14.5 Å². The summed E-state index contributed by atoms with van der Waals surface area (Å²) in [5.41, 5.74) is -0.704. The Hall–Kier alpha value is -4.14. The first-order chi connectivity index (χ1) is 16.1. The molecule has 1 atom stereocenters. The SMILES string of the molecule is COc1cccc(C2/C(=C(\O)c3ccc(F)cc3)C(=O)C(=O)N2c2ccc(C(F)(F)F)cc2)c1. The van der Waals surface area contributed by atoms with E-state index in [1.54, 1.807) is 24.3 Å². The fraction of sp³-hybridized carbons (Fsp3) is 0.120. The van der Waals surface area contributed by atoms with Crippen LogP contribution in [0.1, 0.15) is 22.7 Å². The molecule has 0 radical (unpaired) electrons. The number of carbonyl (C=O) groups excluding carboxylic acids is 2. The van der Waals surface area contributed by atoms with Gasteiger partial charge in [0, 0.05) is 11.3 Å². The van der Waals surface area contributed by atoms with Gasteiger partial charge in [-0.05, 0) is 66.2 Å². The number of hydrogen-bond acceptors (Lipinski definition) is 4. The fourth-order valence-corrected chi connectivity index (χ4v) is 3.80. The van der Waals surface area contributed by atoms with Gasteiger partial charge in [0.05, 0.1) is 24.3 Å². The third-order valence-corrected chi connectivity index (χ3v) is 5.44. The Morgan fingerprint density at radius 2 is 1.62 bits per heavy atom. The quantitative estimate of drug-likeness (QED) is 0.237. The first-order valence-corrected chi connectivity index (χ1v) is 10.00. The number of benzene rings is 3. The van der Waals surface area contributed by atoms with Gasteiger partial charge in [-0.15, -0.1) is 0 Å². The summed E-state index contributed by atoms with van der Waals surface area (Å²) in [7, 11) is 1.42. The zero-order chi connectivity index (χ0) is 24.6. The third kappa shape index (κ3) is 4.12. The van der Waals surface area contributed by atoms with E-state index in [1.807, 2.05) is 0 Å². The van der Waals surface area contributed by atoms with Crippen molar-refractivity contribution in [2.24, 2.45) is 0 Å². The topological polar surface area (TPSA) is 66.8 Å². The molecular weight excluding hydrogens is 454 g/mol. The molecule has 1 amide bonds. The van der Waals surface area contributed by atoms with E-state index in [1.165, 1.54) is 19.2 Å². The highest BCUT2D eigenvalue weighted by Gasteiger charge is 2.47. The second-order valence-corrected chi connectivity index (χ2v) is 7.50. The highest BCUT2D eigenvalue weighted by Crippen LogP contribution is 2.43. The van der Waals surface area contributed by atoms with Gasteiger partial charge in [0.2, 0.25) is 0 Å². The summed E-state index contributed by atoms with van der Waals surface area (Å²) >= 11 is 0. The lowest BCUT2D eigenvalue weighted by Gasteiger charge is -2.26. The van der Waals surface area contributed by atoms with Crippen LogP contribution in [0.5, 0.6) is 5.75 Å². The minimum Gasteiger partial charge on any atom is -0.507 e. The fourth-order valence-electron chi connectivity index (χ4n) is 3.80. The first kappa shape index (κ1) is 23.0. The van der Waals surface area contributed by atoms with Gasteiger partial charge in [0.25, 0.3) is 11.7 Å². The lowest BCUT2D eigenvalue weighted by molar-refractivity contribution is -0.137. The summed E-state index contributed by atoms with van der Waals surface area (Å²) in [5, 5.41) is 11.0. The highest BCUT2D eigenvalue weighted by molar-refractivity contribution is 6.51. The molecule has 174 valence electrons. The average Bonchev–Trinajstić information content (AvgIpc) is 3.09. The van der Waals surface area contributed by atoms with Crippen LogP contribution in [0.2, 0.25) is 0 Å². The molecule has 3 aromatic rings. The van der Waals surface area contributed by atoms with Crippen LogP contribution in [0.3, 0.4) is 0 Å². The molecule has 5 nitrogen and oxygen atoms in total. The predicted octanol–water partition coefficient (Wildman–Crippen LogP) is 5.48. The number of aliphatic hydroxyl groups excluding tert-OH is 1. The van der Waals surface area contributed by atoms with Crippen LogP contribution in [0, 0.1) is 5.82 Å². The maximum Gasteiger partial charge on any atom is 0.416 e. The molecule has 1 aliphatic rings. The van der Waals surface area contributed by atoms with Crippen LogP contribution in [0.4, 0.5) is 23.2 Å². The largest absolute Gasteiger partial charge is 0.507 e. The molecule has 0 saturated carbocycles. The second-order valence-electron chi connectivity index (χ2n) is 7.50. The Labute approximate surface area is 191 Å². The van der Waals surface area contributed by atoms with Crippen molar-refractivity contribution in [2.45, 2.75) is 12.2 Å². The van der Waals surface area contributed by atoms with Crippen LogP contribution in [-0.2, 0) is 15.8 Å². The van der Waals surface area contributed by atoms with Crippen molar-refractivity contribution in [1.82, 2.24) is 0 Å². The Morgan fingerprint density at radius 3 is 2.21 bits per heavy atom. The molecule has 1 saturated heterocycles. The zero-order valence-electron chi connectivity index (χ0n) is 17.6. The van der Waals surface area contributed by atoms with Crippen molar-refractivity contribution < 1.29 is 37.0 Å². The predicted molar refractivity (Wildman–Crippen MR) is 116 cm³/mol. The summed E-state index contributed by atoms with van der Waals surface area (Å²) < 4.78 is 57.7. The van der Waals surface area contributed by atoms with E-state index < -0.39 is 41.0 Å². The van der Waals surface area contributed by atoms with Gasteiger partial charge in [0.15, 0.2) is 0 Å². The number of carbonyl (C=O) groups is 2. The molecule has 0 bridgehead atoms. The summed E-state index contributed by atoms with van der Waals surface area (Å²) in [6.45, 7) is 0. The number of ether oxygens (including phenoxy) is 1. The van der Waals surface area contributed by atoms with E-state index in [0.717, 1.165) is 41.3 Å². The molecule has 1 fully saturated rings. The zero-order valence-corrected chi connectivity index (χ0v) is 17.6. The number of hydrogen-bond donors (Lipinski definition) is 1. The minimum atomic E-state index is -4.58. The van der Waals surface area contributed by atoms with Crippen molar-refractivity contribution in [1.29, 1.82) is 0 Å². The number of rotatable bonds is 4. The Bertz CT molecular complexity index is 1280. The Balaban J connectivity index is 1.91. The number of nitrogens with zero attached hydrogens (tertiary/aromatic N) is 1. The van der Waals surface area contributed by atoms with E-state index in [0.29, 0.717) is 11.3 Å². The van der Waals surface area contributed by atoms with E-state index in [4.69, 9.17) is 4.74 Å². The molecule has 0 aromatic heterocycles. The van der Waals surface area contributed by atoms with Gasteiger partial charge >= 0.3 is 6.18 Å². The van der Waals surface area contributed by atoms with Gasteiger partial charge in [-0.1, -0.05) is 12.1 Å². The van der Waals surface area contributed by atoms with Crippen LogP contribution in [-0.4, -0.2) is 23.9 Å². The normalized spacial score (nSPS) is 17.8. The van der Waals surface area contributed by atoms with Crippen LogP contribution >= 0.6 is 0 Å². The maximum absolute atomic E-state index is 13.4. The molecule has 4 rings (SSSR count). The highest BCUT2D eigenvalue weighted by atomic mass is 19.4. The van der Waals surface area contributed by atoms with Crippen molar-refractivity contribution in [3.05, 3.63) is 101 Å². The summed E-state index contributed by atoms with van der Waals surface area (Å²) in [6, 6.07) is 13.6. The Kier molecular flexibility index (Phi) is 5.87. The van der Waals surface area contributed by atoms with Crippen molar-refractivity contribution in [3.63, 3.8) is 0 Å². The number of amides is 1. The van der Waals surface area contributed by atoms with Crippen LogP contribution < -0.4 is 9.64 Å². The molecule has 3 aromatic carbocycles. The van der Waals surface area contributed by atoms with Gasteiger partial charge in [-0.25, -0.2) is 4.39 Å². The number of ketones is 1. The third-order valence-electron chi connectivity index (χ3n) is 5.44. The second kappa shape index (κ2) is 8.66. The molecule has 1 N–H and O–H groups in total. The van der Waals surface area contributed by atoms with Crippen LogP contribution in [0.25, 0.3) is 5.76 Å². The first-order valence-electron chi connectivity index (χ1n) is 10.00. The van der Waals surface area contributed by atoms with E-state index >= 15 is 0 Å². The summed E-state index contributed by atoms with van der Waals surface area (Å²) in [6.07, 6.45) is -4.58. The standard InChI is InChI=1S/C25H17F4NO4/c1-34-19-4-2-3-15(13-19)21-20(22(31)14-5-9-17(26)10-6-14)23(32)24(33)30(21)18-11-7-16(8-12-18)25(27,28)29/h2-13,21,31H,1H3/b22-20+. The average molecular weight is 471 g/mol. The van der Waals surface area contributed by atoms with E-state index in [2.05, 4.69) is 0 Å². The van der Waals surface area contributed by atoms with E-state index in [-0.39, 0.29) is 16.8 Å². The molecule has 1 aliphatic heterocycles. The molecule has 1 heterocycles. The molecule has 34 heavy (non-hydrogen) atoms. The van der Waals surface area contributed by atoms with Gasteiger partial charge in [0.1, 0.15) is 17.3 Å². The van der Waals surface area contributed by atoms with E-state index in [9.17, 15) is 32.3 Å². The lowest BCUT2D eigenvalue weighted by atomic mass is 9.95. The number of halogens is 4. The number of Topliss-reactive ketones (excluding diaryl/α,β-unsaturated/α-hetero) is 1. The number of methoxy groups -OCH3 is 1. The maximum atomic E-state index is 13.4. The molecule has 9 heteroatoms. The van der Waals surface area contributed by atoms with Crippen molar-refractivity contribution in [3.8, 4) is 5.75 Å². The minimum absolute atomic E-state index is 0.0288. The van der Waals surface area contributed by atoms with Gasteiger partial charge < -0.3 is 9.84 Å². The number of alkyl halides is 3. The number of aliphatic hydroxyl groups is 1. The summed E-state index contributed by atoms with van der Waals surface area (Å²) in [4.78, 5) is 27.1. The molecule has 0 spiro atoms. The van der Waals surface area contributed by atoms with Crippen LogP contribution in [0.15, 0.2) is 78.4 Å². The van der Waals surface area contributed by atoms with Crippen molar-refractivity contribution in [2.75, 3.05) is 12.0 Å². The van der Waals surface area contributed by atoms with Crippen molar-refractivity contribution >= 4 is 23.1 Å².